The molecule has 1 aromatic rings. The summed E-state index contributed by atoms with van der Waals surface area (Å²) in [6.07, 6.45) is 1.72. The second kappa shape index (κ2) is 4.67. The fourth-order valence-electron chi connectivity index (χ4n) is 2.49. The van der Waals surface area contributed by atoms with Crippen molar-refractivity contribution in [3.8, 4) is 0 Å². The monoisotopic (exact) mass is 309 g/mol. The molecule has 2 heterocycles. The van der Waals surface area contributed by atoms with Crippen molar-refractivity contribution in [1.82, 2.24) is 4.90 Å². The van der Waals surface area contributed by atoms with Crippen molar-refractivity contribution in [2.75, 3.05) is 26.3 Å². The van der Waals surface area contributed by atoms with Gasteiger partial charge in [0.1, 0.15) is 0 Å². The van der Waals surface area contributed by atoms with E-state index >= 15 is 0 Å². The number of halogens is 1. The van der Waals surface area contributed by atoms with E-state index in [1.54, 1.807) is 0 Å². The van der Waals surface area contributed by atoms with Crippen molar-refractivity contribution < 1.29 is 9.53 Å². The van der Waals surface area contributed by atoms with Gasteiger partial charge in [0, 0.05) is 24.0 Å². The summed E-state index contributed by atoms with van der Waals surface area (Å²) in [5.74, 6) is 0.271. The molecular formula is C14H16BrNO2. The molecule has 2 fully saturated rings. The quantitative estimate of drug-likeness (QED) is 0.857. The van der Waals surface area contributed by atoms with Crippen LogP contribution in [0.2, 0.25) is 0 Å². The maximum atomic E-state index is 12.1. The first kappa shape index (κ1) is 12.2. The number of hydrogen-bond donors (Lipinski definition) is 0. The number of nitrogens with zero attached hydrogens (tertiary/aromatic N) is 1. The number of hydrogen-bond acceptors (Lipinski definition) is 2. The van der Waals surface area contributed by atoms with Crippen LogP contribution >= 0.6 is 15.9 Å². The Hall–Kier alpha value is -0.870. The lowest BCUT2D eigenvalue weighted by Gasteiger charge is -2.43. The Bertz CT molecular complexity index is 449. The molecular weight excluding hydrogens is 294 g/mol. The highest BCUT2D eigenvalue weighted by Gasteiger charge is 2.43. The molecule has 1 aromatic carbocycles. The molecule has 3 nitrogen and oxygen atoms in total. The Morgan fingerprint density at radius 3 is 2.39 bits per heavy atom. The van der Waals surface area contributed by atoms with E-state index in [0.717, 1.165) is 24.0 Å². The van der Waals surface area contributed by atoms with Gasteiger partial charge in [0.05, 0.1) is 18.6 Å². The summed E-state index contributed by atoms with van der Waals surface area (Å²) in [4.78, 5) is 14.1. The van der Waals surface area contributed by atoms with Gasteiger partial charge in [0.25, 0.3) is 0 Å². The van der Waals surface area contributed by atoms with Gasteiger partial charge in [-0.15, -0.1) is 0 Å². The van der Waals surface area contributed by atoms with Crippen molar-refractivity contribution in [3.05, 3.63) is 34.3 Å². The molecule has 0 bridgehead atoms. The molecule has 4 heteroatoms. The van der Waals surface area contributed by atoms with Crippen molar-refractivity contribution in [2.45, 2.75) is 18.3 Å². The number of amides is 1. The van der Waals surface area contributed by atoms with Gasteiger partial charge in [0.2, 0.25) is 5.91 Å². The Morgan fingerprint density at radius 1 is 1.28 bits per heavy atom. The molecule has 0 spiro atoms. The molecule has 3 rings (SSSR count). The van der Waals surface area contributed by atoms with Crippen LogP contribution < -0.4 is 0 Å². The minimum absolute atomic E-state index is 0.0899. The Balaban J connectivity index is 1.77. The number of rotatable bonds is 3. The number of carbonyl (C=O) groups is 1. The smallest absolute Gasteiger partial charge is 0.223 e. The summed E-state index contributed by atoms with van der Waals surface area (Å²) in [6, 6.07) is 8.25. The summed E-state index contributed by atoms with van der Waals surface area (Å²) in [6.45, 7) is 3.18. The number of likely N-dealkylation sites (tertiary alicyclic amines) is 1. The lowest BCUT2D eigenvalue weighted by atomic mass is 9.75. The summed E-state index contributed by atoms with van der Waals surface area (Å²) in [5, 5.41) is 0. The zero-order valence-corrected chi connectivity index (χ0v) is 11.8. The van der Waals surface area contributed by atoms with Gasteiger partial charge >= 0.3 is 0 Å². The van der Waals surface area contributed by atoms with Crippen molar-refractivity contribution >= 4 is 21.8 Å². The predicted molar refractivity (Wildman–Crippen MR) is 72.5 cm³/mol. The van der Waals surface area contributed by atoms with Crippen molar-refractivity contribution in [2.24, 2.45) is 0 Å². The zero-order chi connectivity index (χ0) is 12.6. The van der Waals surface area contributed by atoms with Crippen molar-refractivity contribution in [3.63, 3.8) is 0 Å². The first-order valence-electron chi connectivity index (χ1n) is 6.31. The Morgan fingerprint density at radius 2 is 1.94 bits per heavy atom. The molecule has 0 saturated carbocycles. The van der Waals surface area contributed by atoms with Gasteiger partial charge in [-0.1, -0.05) is 28.1 Å². The lowest BCUT2D eigenvalue weighted by molar-refractivity contribution is -0.142. The van der Waals surface area contributed by atoms with E-state index in [1.807, 2.05) is 17.0 Å². The highest BCUT2D eigenvalue weighted by Crippen LogP contribution is 2.37. The molecule has 0 aromatic heterocycles. The van der Waals surface area contributed by atoms with E-state index in [4.69, 9.17) is 4.74 Å². The van der Waals surface area contributed by atoms with E-state index in [9.17, 15) is 4.79 Å². The van der Waals surface area contributed by atoms with Gasteiger partial charge in [0.15, 0.2) is 0 Å². The third-order valence-corrected chi connectivity index (χ3v) is 4.44. The first-order valence-corrected chi connectivity index (χ1v) is 7.11. The van der Waals surface area contributed by atoms with Gasteiger partial charge in [-0.05, 0) is 24.1 Å². The summed E-state index contributed by atoms with van der Waals surface area (Å²) >= 11 is 3.44. The highest BCUT2D eigenvalue weighted by molar-refractivity contribution is 9.10. The zero-order valence-electron chi connectivity index (χ0n) is 10.2. The fourth-order valence-corrected chi connectivity index (χ4v) is 2.75. The van der Waals surface area contributed by atoms with Crippen LogP contribution in [0.4, 0.5) is 0 Å². The van der Waals surface area contributed by atoms with Gasteiger partial charge in [-0.2, -0.15) is 0 Å². The van der Waals surface area contributed by atoms with Crippen molar-refractivity contribution in [1.29, 1.82) is 0 Å². The Kier molecular flexibility index (Phi) is 3.16. The normalized spacial score (nSPS) is 21.1. The van der Waals surface area contributed by atoms with E-state index in [1.165, 1.54) is 5.56 Å². The topological polar surface area (TPSA) is 29.5 Å². The molecule has 0 atom stereocenters. The molecule has 2 saturated heterocycles. The van der Waals surface area contributed by atoms with Crippen LogP contribution in [0.5, 0.6) is 0 Å². The van der Waals surface area contributed by atoms with Crippen LogP contribution in [0.15, 0.2) is 28.7 Å². The van der Waals surface area contributed by atoms with Gasteiger partial charge in [-0.3, -0.25) is 4.79 Å². The van der Waals surface area contributed by atoms with Crippen LogP contribution in [0.1, 0.15) is 18.4 Å². The molecule has 0 unspecified atom stereocenters. The summed E-state index contributed by atoms with van der Waals surface area (Å²) < 4.78 is 6.44. The highest BCUT2D eigenvalue weighted by atomic mass is 79.9. The van der Waals surface area contributed by atoms with Gasteiger partial charge < -0.3 is 9.64 Å². The molecule has 0 N–H and O–H groups in total. The molecule has 0 radical (unpaired) electrons. The number of carbonyl (C=O) groups excluding carboxylic acids is 1. The second-order valence-corrected chi connectivity index (χ2v) is 6.11. The standard InChI is InChI=1S/C14H16BrNO2/c15-12-4-2-11(3-5-12)14(9-18-10-14)8-13(17)16-6-1-7-16/h2-5H,1,6-10H2. The van der Waals surface area contributed by atoms with E-state index in [-0.39, 0.29) is 11.3 Å². The summed E-state index contributed by atoms with van der Waals surface area (Å²) in [5.41, 5.74) is 1.12. The van der Waals surface area contributed by atoms with E-state index < -0.39 is 0 Å². The van der Waals surface area contributed by atoms with Crippen LogP contribution in [0.3, 0.4) is 0 Å². The van der Waals surface area contributed by atoms with Gasteiger partial charge in [-0.25, -0.2) is 0 Å². The lowest BCUT2D eigenvalue weighted by Crippen LogP contribution is -2.52. The third-order valence-electron chi connectivity index (χ3n) is 3.91. The first-order chi connectivity index (χ1) is 8.70. The van der Waals surface area contributed by atoms with Crippen LogP contribution in [0.25, 0.3) is 0 Å². The van der Waals surface area contributed by atoms with Crippen LogP contribution in [-0.4, -0.2) is 37.1 Å². The average molecular weight is 310 g/mol. The molecule has 2 aliphatic rings. The second-order valence-electron chi connectivity index (χ2n) is 5.19. The molecule has 2 aliphatic heterocycles. The third kappa shape index (κ3) is 2.08. The maximum absolute atomic E-state index is 12.1. The van der Waals surface area contributed by atoms with E-state index in [0.29, 0.717) is 19.6 Å². The fraction of sp³-hybridized carbons (Fsp3) is 0.500. The molecule has 1 amide bonds. The molecule has 18 heavy (non-hydrogen) atoms. The minimum Gasteiger partial charge on any atom is -0.379 e. The molecule has 0 aliphatic carbocycles. The van der Waals surface area contributed by atoms with Crippen LogP contribution in [-0.2, 0) is 14.9 Å². The SMILES string of the molecule is O=C(CC1(c2ccc(Br)cc2)COC1)N1CCC1. The van der Waals surface area contributed by atoms with E-state index in [2.05, 4.69) is 28.1 Å². The maximum Gasteiger partial charge on any atom is 0.223 e. The van der Waals surface area contributed by atoms with Crippen LogP contribution in [0, 0.1) is 0 Å². The average Bonchev–Trinajstić information content (AvgIpc) is 2.22. The largest absolute Gasteiger partial charge is 0.379 e. The Labute approximate surface area is 115 Å². The number of ether oxygens (including phenoxy) is 1. The predicted octanol–water partition coefficient (Wildman–Crippen LogP) is 2.34. The summed E-state index contributed by atoms with van der Waals surface area (Å²) in [7, 11) is 0. The minimum atomic E-state index is -0.0899. The molecule has 96 valence electrons. The number of benzene rings is 1.